The van der Waals surface area contributed by atoms with E-state index in [0.29, 0.717) is 31.0 Å². The normalized spacial score (nSPS) is 21.2. The van der Waals surface area contributed by atoms with Gasteiger partial charge in [0.25, 0.3) is 11.5 Å². The van der Waals surface area contributed by atoms with Gasteiger partial charge in [-0.05, 0) is 30.5 Å². The third-order valence-corrected chi connectivity index (χ3v) is 5.98. The molecule has 1 amide bonds. The van der Waals surface area contributed by atoms with Crippen molar-refractivity contribution in [1.82, 2.24) is 9.47 Å². The van der Waals surface area contributed by atoms with Crippen LogP contribution in [0.4, 0.5) is 5.69 Å². The first-order valence-electron chi connectivity index (χ1n) is 9.92. The van der Waals surface area contributed by atoms with Gasteiger partial charge in [-0.2, -0.15) is 5.23 Å². The summed E-state index contributed by atoms with van der Waals surface area (Å²) in [5.74, 6) is 0.878. The smallest absolute Gasteiger partial charge is 0.289 e. The molecule has 0 saturated carbocycles. The monoisotopic (exact) mass is 407 g/mol. The average molecular weight is 407 g/mol. The lowest BCUT2D eigenvalue weighted by atomic mass is 9.83. The SMILES string of the molecule is O=C(c1ccc(-c2cccc([NH+]([O-])O)c2)o1)N1CC2CC(C1)c1cccc(=O)n1C2. The van der Waals surface area contributed by atoms with Crippen LogP contribution in [-0.2, 0) is 6.54 Å². The lowest BCUT2D eigenvalue weighted by Gasteiger charge is -2.42. The first kappa shape index (κ1) is 18.8. The van der Waals surface area contributed by atoms with E-state index in [9.17, 15) is 20.0 Å². The predicted octanol–water partition coefficient (Wildman–Crippen LogP) is 1.77. The number of benzene rings is 1. The molecule has 8 nitrogen and oxygen atoms in total. The lowest BCUT2D eigenvalue weighted by molar-refractivity contribution is -0.991. The Morgan fingerprint density at radius 3 is 2.77 bits per heavy atom. The molecule has 0 radical (unpaired) electrons. The minimum absolute atomic E-state index is 0.0150. The molecule has 5 rings (SSSR count). The number of carbonyl (C=O) groups excluding carboxylic acids is 1. The van der Waals surface area contributed by atoms with Gasteiger partial charge in [-0.3, -0.25) is 9.59 Å². The van der Waals surface area contributed by atoms with Gasteiger partial charge in [0.2, 0.25) is 0 Å². The van der Waals surface area contributed by atoms with E-state index in [4.69, 9.17) is 4.42 Å². The Hall–Kier alpha value is -3.20. The van der Waals surface area contributed by atoms with Crippen LogP contribution in [0.5, 0.6) is 0 Å². The first-order valence-corrected chi connectivity index (χ1v) is 9.92. The van der Waals surface area contributed by atoms with Gasteiger partial charge < -0.3 is 19.1 Å². The number of quaternary nitrogens is 1. The van der Waals surface area contributed by atoms with E-state index in [1.807, 2.05) is 10.6 Å². The summed E-state index contributed by atoms with van der Waals surface area (Å²) in [6.07, 6.45) is 0.971. The van der Waals surface area contributed by atoms with E-state index in [-0.39, 0.29) is 34.7 Å². The number of nitrogens with zero attached hydrogens (tertiary/aromatic N) is 2. The van der Waals surface area contributed by atoms with Crippen LogP contribution >= 0.6 is 0 Å². The van der Waals surface area contributed by atoms with Gasteiger partial charge >= 0.3 is 0 Å². The molecule has 3 atom stereocenters. The number of piperidine rings is 1. The molecule has 3 aromatic rings. The van der Waals surface area contributed by atoms with Crippen molar-refractivity contribution in [1.29, 1.82) is 0 Å². The fraction of sp³-hybridized carbons (Fsp3) is 0.273. The van der Waals surface area contributed by atoms with E-state index < -0.39 is 5.23 Å². The fourth-order valence-electron chi connectivity index (χ4n) is 4.63. The average Bonchev–Trinajstić information content (AvgIpc) is 3.24. The van der Waals surface area contributed by atoms with Gasteiger partial charge in [0, 0.05) is 55.0 Å². The summed E-state index contributed by atoms with van der Waals surface area (Å²) >= 11 is 0. The topological polar surface area (TPSA) is 103 Å². The fourth-order valence-corrected chi connectivity index (χ4v) is 4.63. The van der Waals surface area contributed by atoms with Crippen molar-refractivity contribution in [3.05, 3.63) is 81.6 Å². The quantitative estimate of drug-likeness (QED) is 0.644. The molecule has 8 heteroatoms. The highest BCUT2D eigenvalue weighted by Crippen LogP contribution is 2.35. The second-order valence-corrected chi connectivity index (χ2v) is 7.96. The number of fused-ring (bicyclic) bond motifs is 4. The molecule has 154 valence electrons. The Kier molecular flexibility index (Phi) is 4.54. The minimum atomic E-state index is -1.01. The van der Waals surface area contributed by atoms with E-state index in [1.165, 1.54) is 12.1 Å². The van der Waals surface area contributed by atoms with Crippen LogP contribution in [0.25, 0.3) is 11.3 Å². The second-order valence-electron chi connectivity index (χ2n) is 7.96. The summed E-state index contributed by atoms with van der Waals surface area (Å²) in [5, 5.41) is 19.4. The number of amides is 1. The van der Waals surface area contributed by atoms with E-state index in [0.717, 1.165) is 12.1 Å². The molecule has 4 heterocycles. The van der Waals surface area contributed by atoms with Crippen LogP contribution in [0.1, 0.15) is 28.6 Å². The van der Waals surface area contributed by atoms with E-state index >= 15 is 0 Å². The molecule has 3 unspecified atom stereocenters. The standard InChI is InChI=1S/C22H21N3O5/c26-21-6-2-5-18-16-9-14(12-24(18)21)11-23(13-16)22(27)20-8-7-19(30-20)15-3-1-4-17(10-15)25(28)29/h1-8,10,14,16,25,28H,9,11-13H2. The van der Waals surface area contributed by atoms with Crippen molar-refractivity contribution in [3.8, 4) is 11.3 Å². The summed E-state index contributed by atoms with van der Waals surface area (Å²) in [7, 11) is 0. The molecule has 0 spiro atoms. The summed E-state index contributed by atoms with van der Waals surface area (Å²) < 4.78 is 7.63. The molecule has 0 aliphatic carbocycles. The maximum absolute atomic E-state index is 13.1. The van der Waals surface area contributed by atoms with Crippen LogP contribution in [0.15, 0.2) is 63.8 Å². The maximum Gasteiger partial charge on any atom is 0.289 e. The predicted molar refractivity (Wildman–Crippen MR) is 107 cm³/mol. The highest BCUT2D eigenvalue weighted by Gasteiger charge is 2.37. The van der Waals surface area contributed by atoms with E-state index in [2.05, 4.69) is 0 Å². The molecule has 2 aromatic heterocycles. The highest BCUT2D eigenvalue weighted by molar-refractivity contribution is 5.92. The molecule has 1 saturated heterocycles. The van der Waals surface area contributed by atoms with Crippen molar-refractivity contribution >= 4 is 11.6 Å². The Balaban J connectivity index is 1.38. The van der Waals surface area contributed by atoms with Gasteiger partial charge in [-0.25, -0.2) is 5.21 Å². The number of furan rings is 1. The summed E-state index contributed by atoms with van der Waals surface area (Å²) in [6, 6.07) is 15.1. The number of hydrogen-bond acceptors (Lipinski definition) is 5. The first-order chi connectivity index (χ1) is 14.5. The Labute approximate surface area is 172 Å². The third-order valence-electron chi connectivity index (χ3n) is 5.98. The van der Waals surface area contributed by atoms with Crippen molar-refractivity contribution in [3.63, 3.8) is 0 Å². The zero-order chi connectivity index (χ0) is 20.8. The number of pyridine rings is 1. The van der Waals surface area contributed by atoms with Crippen LogP contribution in [-0.4, -0.2) is 33.7 Å². The molecule has 2 bridgehead atoms. The number of carbonyl (C=O) groups is 1. The zero-order valence-electron chi connectivity index (χ0n) is 16.2. The van der Waals surface area contributed by atoms with Crippen LogP contribution in [0, 0.1) is 11.1 Å². The molecular formula is C22H21N3O5. The number of likely N-dealkylation sites (tertiary alicyclic amines) is 1. The molecule has 1 fully saturated rings. The van der Waals surface area contributed by atoms with Crippen LogP contribution < -0.4 is 10.8 Å². The number of aromatic nitrogens is 1. The van der Waals surface area contributed by atoms with Gasteiger partial charge in [0.1, 0.15) is 5.76 Å². The Bertz CT molecular complexity index is 1170. The lowest BCUT2D eigenvalue weighted by Crippen LogP contribution is -2.99. The summed E-state index contributed by atoms with van der Waals surface area (Å²) in [6.45, 7) is 1.75. The van der Waals surface area contributed by atoms with Gasteiger partial charge in [0.15, 0.2) is 11.4 Å². The number of hydrogen-bond donors (Lipinski definition) is 2. The zero-order valence-corrected chi connectivity index (χ0v) is 16.2. The van der Waals surface area contributed by atoms with Gasteiger partial charge in [-0.15, -0.1) is 0 Å². The summed E-state index contributed by atoms with van der Waals surface area (Å²) in [4.78, 5) is 27.1. The Morgan fingerprint density at radius 2 is 1.93 bits per heavy atom. The molecular weight excluding hydrogens is 386 g/mol. The molecule has 1 aromatic carbocycles. The van der Waals surface area contributed by atoms with Crippen LogP contribution in [0.2, 0.25) is 0 Å². The highest BCUT2D eigenvalue weighted by atomic mass is 16.8. The van der Waals surface area contributed by atoms with Crippen molar-refractivity contribution in [2.45, 2.75) is 18.9 Å². The van der Waals surface area contributed by atoms with E-state index in [1.54, 1.807) is 41.3 Å². The van der Waals surface area contributed by atoms with Gasteiger partial charge in [0.05, 0.1) is 0 Å². The molecule has 30 heavy (non-hydrogen) atoms. The number of rotatable bonds is 3. The van der Waals surface area contributed by atoms with Crippen molar-refractivity contribution in [2.24, 2.45) is 5.92 Å². The molecule has 2 aliphatic heterocycles. The van der Waals surface area contributed by atoms with Crippen molar-refractivity contribution in [2.75, 3.05) is 13.1 Å². The Morgan fingerprint density at radius 1 is 1.10 bits per heavy atom. The molecule has 2 N–H and O–H groups in total. The third kappa shape index (κ3) is 3.24. The van der Waals surface area contributed by atoms with Crippen molar-refractivity contribution < 1.29 is 19.6 Å². The molecule has 2 aliphatic rings. The summed E-state index contributed by atoms with van der Waals surface area (Å²) in [5.41, 5.74) is 1.77. The number of nitrogens with one attached hydrogen (secondary N) is 1. The largest absolute Gasteiger partial charge is 0.595 e. The second kappa shape index (κ2) is 7.24. The minimum Gasteiger partial charge on any atom is -0.595 e. The van der Waals surface area contributed by atoms with Crippen LogP contribution in [0.3, 0.4) is 0 Å². The maximum atomic E-state index is 13.1. The van der Waals surface area contributed by atoms with Gasteiger partial charge in [-0.1, -0.05) is 18.2 Å².